The van der Waals surface area contributed by atoms with Gasteiger partial charge in [0.1, 0.15) is 11.5 Å². The summed E-state index contributed by atoms with van der Waals surface area (Å²) in [6, 6.07) is 1.69. The Balaban J connectivity index is 2.38. The summed E-state index contributed by atoms with van der Waals surface area (Å²) in [5.74, 6) is 1.16. The quantitative estimate of drug-likeness (QED) is 0.804. The Morgan fingerprint density at radius 2 is 2.16 bits per heavy atom. The molecule has 6 heteroatoms. The van der Waals surface area contributed by atoms with Crippen LogP contribution in [0.3, 0.4) is 0 Å². The van der Waals surface area contributed by atoms with Gasteiger partial charge in [0, 0.05) is 10.8 Å². The highest BCUT2D eigenvalue weighted by molar-refractivity contribution is 7.03. The minimum atomic E-state index is -0.532. The first-order valence-corrected chi connectivity index (χ1v) is 6.88. The van der Waals surface area contributed by atoms with Crippen LogP contribution in [0.15, 0.2) is 15.9 Å². The van der Waals surface area contributed by atoms with Crippen LogP contribution in [0.4, 0.5) is 0 Å². The lowest BCUT2D eigenvalue weighted by Gasteiger charge is -2.13. The Morgan fingerprint density at radius 3 is 2.68 bits per heavy atom. The van der Waals surface area contributed by atoms with Crippen molar-refractivity contribution in [2.45, 2.75) is 26.2 Å². The summed E-state index contributed by atoms with van der Waals surface area (Å²) in [5.41, 5.74) is 0.896. The topological polar surface area (TPSA) is 56.0 Å². The Bertz CT molecular complexity index is 609. The van der Waals surface area contributed by atoms with Crippen LogP contribution in [0.1, 0.15) is 48.3 Å². The van der Waals surface area contributed by atoms with Crippen molar-refractivity contribution >= 4 is 40.5 Å². The predicted molar refractivity (Wildman–Crippen MR) is 76.4 cm³/mol. The molecule has 0 fully saturated rings. The lowest BCUT2D eigenvalue weighted by atomic mass is 9.93. The molecular weight excluding hydrogens is 284 g/mol. The van der Waals surface area contributed by atoms with E-state index >= 15 is 0 Å². The lowest BCUT2D eigenvalue weighted by Crippen LogP contribution is -2.09. The molecule has 0 aliphatic carbocycles. The number of furan rings is 1. The van der Waals surface area contributed by atoms with Gasteiger partial charge in [-0.2, -0.15) is 0 Å². The van der Waals surface area contributed by atoms with E-state index in [4.69, 9.17) is 16.0 Å². The van der Waals surface area contributed by atoms with E-state index in [0.29, 0.717) is 22.8 Å². The molecule has 0 atom stereocenters. The van der Waals surface area contributed by atoms with Gasteiger partial charge in [-0.25, -0.2) is 0 Å². The first-order valence-electron chi connectivity index (χ1n) is 5.67. The van der Waals surface area contributed by atoms with Crippen LogP contribution in [-0.2, 0) is 5.41 Å². The number of aromatic nitrogens is 2. The summed E-state index contributed by atoms with van der Waals surface area (Å²) in [6.45, 7) is 6.02. The molecular formula is C13H13ClN2O2S. The molecule has 0 aromatic carbocycles. The smallest absolute Gasteiger partial charge is 0.256 e. The van der Waals surface area contributed by atoms with Crippen LogP contribution in [-0.4, -0.2) is 14.8 Å². The SMILES string of the molecule is CC(C)(C)c1cc(C(=O)Cl)c(/C=C/c2csnn2)o1. The van der Waals surface area contributed by atoms with Crippen molar-refractivity contribution < 1.29 is 9.21 Å². The molecule has 0 aliphatic heterocycles. The van der Waals surface area contributed by atoms with Crippen molar-refractivity contribution in [1.82, 2.24) is 9.59 Å². The van der Waals surface area contributed by atoms with Crippen LogP contribution in [0.25, 0.3) is 12.2 Å². The largest absolute Gasteiger partial charge is 0.460 e. The fraction of sp³-hybridized carbons (Fsp3) is 0.308. The second kappa shape index (κ2) is 5.27. The second-order valence-corrected chi connectivity index (χ2v) is 6.03. The molecule has 0 aliphatic rings. The first-order chi connectivity index (χ1) is 8.88. The van der Waals surface area contributed by atoms with Crippen molar-refractivity contribution in [3.8, 4) is 0 Å². The minimum absolute atomic E-state index is 0.185. The molecule has 0 N–H and O–H groups in total. The van der Waals surface area contributed by atoms with Gasteiger partial charge in [0.05, 0.1) is 11.3 Å². The fourth-order valence-corrected chi connectivity index (χ4v) is 2.03. The van der Waals surface area contributed by atoms with Crippen molar-refractivity contribution in [2.75, 3.05) is 0 Å². The Labute approximate surface area is 120 Å². The van der Waals surface area contributed by atoms with Gasteiger partial charge in [0.2, 0.25) is 0 Å². The van der Waals surface area contributed by atoms with Gasteiger partial charge >= 0.3 is 0 Å². The number of hydrogen-bond acceptors (Lipinski definition) is 5. The molecule has 4 nitrogen and oxygen atoms in total. The van der Waals surface area contributed by atoms with E-state index < -0.39 is 5.24 Å². The third-order valence-corrected chi connectivity index (χ3v) is 3.22. The predicted octanol–water partition coefficient (Wildman–Crippen LogP) is 3.98. The molecule has 2 heterocycles. The van der Waals surface area contributed by atoms with E-state index in [-0.39, 0.29) is 5.41 Å². The Kier molecular flexibility index (Phi) is 3.87. The van der Waals surface area contributed by atoms with Gasteiger partial charge in [-0.1, -0.05) is 25.3 Å². The van der Waals surface area contributed by atoms with Crippen molar-refractivity contribution in [2.24, 2.45) is 0 Å². The summed E-state index contributed by atoms with van der Waals surface area (Å²) in [4.78, 5) is 11.4. The molecule has 2 rings (SSSR count). The zero-order valence-corrected chi connectivity index (χ0v) is 12.4. The average molecular weight is 297 g/mol. The highest BCUT2D eigenvalue weighted by Gasteiger charge is 2.23. The number of rotatable bonds is 3. The second-order valence-electron chi connectivity index (χ2n) is 5.08. The van der Waals surface area contributed by atoms with E-state index in [2.05, 4.69) is 9.59 Å². The number of halogens is 1. The number of hydrogen-bond donors (Lipinski definition) is 0. The molecule has 0 saturated carbocycles. The van der Waals surface area contributed by atoms with Crippen molar-refractivity contribution in [3.63, 3.8) is 0 Å². The number of carbonyl (C=O) groups excluding carboxylic acids is 1. The molecule has 100 valence electrons. The zero-order valence-electron chi connectivity index (χ0n) is 10.8. The fourth-order valence-electron chi connectivity index (χ4n) is 1.46. The first kappa shape index (κ1) is 14.0. The molecule has 2 aromatic heterocycles. The number of nitrogens with zero attached hydrogens (tertiary/aromatic N) is 2. The van der Waals surface area contributed by atoms with Crippen molar-refractivity contribution in [3.05, 3.63) is 34.2 Å². The van der Waals surface area contributed by atoms with Crippen molar-refractivity contribution in [1.29, 1.82) is 0 Å². The average Bonchev–Trinajstić information content (AvgIpc) is 2.94. The van der Waals surface area contributed by atoms with E-state index in [1.165, 1.54) is 11.5 Å². The maximum Gasteiger partial charge on any atom is 0.256 e. The van der Waals surface area contributed by atoms with E-state index in [9.17, 15) is 4.79 Å². The van der Waals surface area contributed by atoms with E-state index in [1.807, 2.05) is 20.8 Å². The zero-order chi connectivity index (χ0) is 14.0. The molecule has 19 heavy (non-hydrogen) atoms. The van der Waals surface area contributed by atoms with Crippen LogP contribution >= 0.6 is 23.1 Å². The monoisotopic (exact) mass is 296 g/mol. The van der Waals surface area contributed by atoms with E-state index in [0.717, 1.165) is 0 Å². The highest BCUT2D eigenvalue weighted by atomic mass is 35.5. The lowest BCUT2D eigenvalue weighted by molar-refractivity contribution is 0.108. The molecule has 0 spiro atoms. The molecule has 2 aromatic rings. The van der Waals surface area contributed by atoms with Gasteiger partial charge in [-0.3, -0.25) is 4.79 Å². The Hall–Kier alpha value is -1.46. The van der Waals surface area contributed by atoms with Crippen LogP contribution < -0.4 is 0 Å². The molecule has 0 bridgehead atoms. The van der Waals surface area contributed by atoms with Gasteiger partial charge in [-0.15, -0.1) is 5.10 Å². The molecule has 0 amide bonds. The van der Waals surface area contributed by atoms with Gasteiger partial charge in [0.15, 0.2) is 0 Å². The van der Waals surface area contributed by atoms with Crippen LogP contribution in [0.2, 0.25) is 0 Å². The molecule has 0 radical (unpaired) electrons. The standard InChI is InChI=1S/C13H13ClN2O2S/c1-13(2,3)11-6-9(12(14)17)10(18-11)5-4-8-7-19-16-15-8/h4-7H,1-3H3/b5-4+. The molecule has 0 saturated heterocycles. The maximum atomic E-state index is 11.4. The molecule has 0 unspecified atom stereocenters. The number of carbonyl (C=O) groups is 1. The van der Waals surface area contributed by atoms with Gasteiger partial charge < -0.3 is 4.42 Å². The highest BCUT2D eigenvalue weighted by Crippen LogP contribution is 2.29. The Morgan fingerprint density at radius 1 is 1.42 bits per heavy atom. The summed E-state index contributed by atoms with van der Waals surface area (Å²) in [6.07, 6.45) is 3.42. The van der Waals surface area contributed by atoms with E-state index in [1.54, 1.807) is 23.6 Å². The third-order valence-electron chi connectivity index (χ3n) is 2.49. The summed E-state index contributed by atoms with van der Waals surface area (Å²) in [5, 5.41) is 5.15. The minimum Gasteiger partial charge on any atom is -0.460 e. The van der Waals surface area contributed by atoms with Gasteiger partial charge in [-0.05, 0) is 41.4 Å². The normalized spacial score (nSPS) is 12.2. The summed E-state index contributed by atoms with van der Waals surface area (Å²) >= 11 is 6.83. The summed E-state index contributed by atoms with van der Waals surface area (Å²) < 4.78 is 9.46. The van der Waals surface area contributed by atoms with Gasteiger partial charge in [0.25, 0.3) is 5.24 Å². The summed E-state index contributed by atoms with van der Waals surface area (Å²) in [7, 11) is 0. The third kappa shape index (κ3) is 3.30. The van der Waals surface area contributed by atoms with Crippen LogP contribution in [0.5, 0.6) is 0 Å². The maximum absolute atomic E-state index is 11.4. The van der Waals surface area contributed by atoms with Crippen LogP contribution in [0, 0.1) is 0 Å².